The Kier molecular flexibility index (Phi) is 3.93. The van der Waals surface area contributed by atoms with Gasteiger partial charge < -0.3 is 10.5 Å². The molecule has 1 aromatic rings. The highest BCUT2D eigenvalue weighted by atomic mass is 16.5. The fourth-order valence-corrected chi connectivity index (χ4v) is 2.37. The number of ether oxygens (including phenoxy) is 1. The third-order valence-electron chi connectivity index (χ3n) is 3.32. The summed E-state index contributed by atoms with van der Waals surface area (Å²) in [5.74, 6) is 0. The lowest BCUT2D eigenvalue weighted by Crippen LogP contribution is -2.34. The van der Waals surface area contributed by atoms with Crippen molar-refractivity contribution >= 4 is 0 Å². The second kappa shape index (κ2) is 5.43. The smallest absolute Gasteiger partial charge is 0.0713 e. The Balaban J connectivity index is 1.98. The van der Waals surface area contributed by atoms with Gasteiger partial charge >= 0.3 is 0 Å². The molecule has 88 valence electrons. The zero-order chi connectivity index (χ0) is 11.4. The van der Waals surface area contributed by atoms with E-state index in [1.54, 1.807) is 7.11 Å². The standard InChI is InChI=1S/C13H20N2O/c1-16-13-7-12(8-14)15(10-13)9-11-5-3-2-4-6-11/h2-6,12-13H,7-10,14H2,1H3. The Morgan fingerprint density at radius 3 is 2.75 bits per heavy atom. The molecular weight excluding hydrogens is 200 g/mol. The topological polar surface area (TPSA) is 38.5 Å². The highest BCUT2D eigenvalue weighted by molar-refractivity contribution is 5.15. The molecular formula is C13H20N2O. The number of hydrogen-bond donors (Lipinski definition) is 1. The Morgan fingerprint density at radius 1 is 1.38 bits per heavy atom. The molecule has 0 aromatic heterocycles. The number of methoxy groups -OCH3 is 1. The minimum Gasteiger partial charge on any atom is -0.380 e. The van der Waals surface area contributed by atoms with Crippen molar-refractivity contribution in [1.82, 2.24) is 4.90 Å². The fourth-order valence-electron chi connectivity index (χ4n) is 2.37. The lowest BCUT2D eigenvalue weighted by Gasteiger charge is -2.22. The van der Waals surface area contributed by atoms with E-state index < -0.39 is 0 Å². The van der Waals surface area contributed by atoms with Crippen molar-refractivity contribution in [2.45, 2.75) is 25.1 Å². The zero-order valence-corrected chi connectivity index (χ0v) is 9.80. The maximum atomic E-state index is 5.80. The van der Waals surface area contributed by atoms with Crippen LogP contribution in [0.15, 0.2) is 30.3 Å². The van der Waals surface area contributed by atoms with E-state index in [2.05, 4.69) is 29.2 Å². The van der Waals surface area contributed by atoms with Gasteiger partial charge in [-0.2, -0.15) is 0 Å². The summed E-state index contributed by atoms with van der Waals surface area (Å²) >= 11 is 0. The monoisotopic (exact) mass is 220 g/mol. The summed E-state index contributed by atoms with van der Waals surface area (Å²) in [6, 6.07) is 11.0. The molecule has 2 atom stereocenters. The Hall–Kier alpha value is -0.900. The van der Waals surface area contributed by atoms with Crippen molar-refractivity contribution in [1.29, 1.82) is 0 Å². The molecule has 1 saturated heterocycles. The second-order valence-electron chi connectivity index (χ2n) is 4.40. The van der Waals surface area contributed by atoms with Gasteiger partial charge in [0.1, 0.15) is 0 Å². The first kappa shape index (κ1) is 11.6. The number of nitrogens with two attached hydrogens (primary N) is 1. The van der Waals surface area contributed by atoms with E-state index in [1.165, 1.54) is 5.56 Å². The van der Waals surface area contributed by atoms with E-state index in [-0.39, 0.29) is 0 Å². The molecule has 3 heteroatoms. The minimum absolute atomic E-state index is 0.345. The average molecular weight is 220 g/mol. The van der Waals surface area contributed by atoms with Crippen molar-refractivity contribution in [3.05, 3.63) is 35.9 Å². The number of nitrogens with zero attached hydrogens (tertiary/aromatic N) is 1. The van der Waals surface area contributed by atoms with Gasteiger partial charge in [-0.15, -0.1) is 0 Å². The molecule has 16 heavy (non-hydrogen) atoms. The molecule has 1 fully saturated rings. The average Bonchev–Trinajstić information content (AvgIpc) is 2.73. The summed E-state index contributed by atoms with van der Waals surface area (Å²) in [7, 11) is 1.78. The van der Waals surface area contributed by atoms with Crippen LogP contribution >= 0.6 is 0 Å². The lowest BCUT2D eigenvalue weighted by atomic mass is 10.2. The third-order valence-corrected chi connectivity index (χ3v) is 3.32. The van der Waals surface area contributed by atoms with E-state index in [4.69, 9.17) is 10.5 Å². The van der Waals surface area contributed by atoms with Crippen LogP contribution in [0.4, 0.5) is 0 Å². The van der Waals surface area contributed by atoms with Crippen molar-refractivity contribution in [3.8, 4) is 0 Å². The second-order valence-corrected chi connectivity index (χ2v) is 4.40. The van der Waals surface area contributed by atoms with Gasteiger partial charge in [0.15, 0.2) is 0 Å². The number of likely N-dealkylation sites (tertiary alicyclic amines) is 1. The van der Waals surface area contributed by atoms with Gasteiger partial charge in [-0.1, -0.05) is 30.3 Å². The molecule has 1 aliphatic rings. The Morgan fingerprint density at radius 2 is 2.12 bits per heavy atom. The maximum absolute atomic E-state index is 5.80. The minimum atomic E-state index is 0.345. The summed E-state index contributed by atoms with van der Waals surface area (Å²) in [6.45, 7) is 2.68. The van der Waals surface area contributed by atoms with E-state index in [9.17, 15) is 0 Å². The van der Waals surface area contributed by atoms with Gasteiger partial charge in [0.2, 0.25) is 0 Å². The fraction of sp³-hybridized carbons (Fsp3) is 0.538. The molecule has 0 spiro atoms. The molecule has 3 nitrogen and oxygen atoms in total. The van der Waals surface area contributed by atoms with Crippen LogP contribution in [-0.2, 0) is 11.3 Å². The van der Waals surface area contributed by atoms with Crippen LogP contribution in [-0.4, -0.2) is 37.2 Å². The van der Waals surface area contributed by atoms with Crippen LogP contribution in [0.3, 0.4) is 0 Å². The van der Waals surface area contributed by atoms with E-state index in [0.717, 1.165) is 19.5 Å². The molecule has 1 aromatic carbocycles. The van der Waals surface area contributed by atoms with Crippen LogP contribution in [0.5, 0.6) is 0 Å². The van der Waals surface area contributed by atoms with Gasteiger partial charge in [-0.05, 0) is 12.0 Å². The van der Waals surface area contributed by atoms with Crippen LogP contribution < -0.4 is 5.73 Å². The Labute approximate surface area is 97.2 Å². The molecule has 0 saturated carbocycles. The molecule has 0 aliphatic carbocycles. The van der Waals surface area contributed by atoms with Crippen LogP contribution in [0.2, 0.25) is 0 Å². The van der Waals surface area contributed by atoms with Gasteiger partial charge in [0.25, 0.3) is 0 Å². The van der Waals surface area contributed by atoms with E-state index in [0.29, 0.717) is 18.7 Å². The molecule has 2 N–H and O–H groups in total. The number of hydrogen-bond acceptors (Lipinski definition) is 3. The van der Waals surface area contributed by atoms with Crippen molar-refractivity contribution in [3.63, 3.8) is 0 Å². The third kappa shape index (κ3) is 2.61. The summed E-state index contributed by atoms with van der Waals surface area (Å²) < 4.78 is 5.41. The highest BCUT2D eigenvalue weighted by Crippen LogP contribution is 2.21. The molecule has 2 rings (SSSR count). The summed E-state index contributed by atoms with van der Waals surface area (Å²) in [6.07, 6.45) is 1.40. The Bertz CT molecular complexity index is 315. The van der Waals surface area contributed by atoms with Crippen LogP contribution in [0.25, 0.3) is 0 Å². The largest absolute Gasteiger partial charge is 0.380 e. The molecule has 1 aliphatic heterocycles. The molecule has 0 amide bonds. The predicted molar refractivity (Wildman–Crippen MR) is 65.1 cm³/mol. The van der Waals surface area contributed by atoms with E-state index >= 15 is 0 Å². The molecule has 0 bridgehead atoms. The molecule has 2 unspecified atom stereocenters. The van der Waals surface area contributed by atoms with Gasteiger partial charge in [0.05, 0.1) is 6.10 Å². The van der Waals surface area contributed by atoms with Gasteiger partial charge in [-0.25, -0.2) is 0 Å². The first-order valence-corrected chi connectivity index (χ1v) is 5.84. The zero-order valence-electron chi connectivity index (χ0n) is 9.80. The summed E-state index contributed by atoms with van der Waals surface area (Å²) in [5.41, 5.74) is 7.14. The predicted octanol–water partition coefficient (Wildman–Crippen LogP) is 1.23. The number of benzene rings is 1. The highest BCUT2D eigenvalue weighted by Gasteiger charge is 2.30. The van der Waals surface area contributed by atoms with E-state index in [1.807, 2.05) is 6.07 Å². The summed E-state index contributed by atoms with van der Waals surface area (Å²) in [5, 5.41) is 0. The van der Waals surface area contributed by atoms with Crippen LogP contribution in [0, 0.1) is 0 Å². The SMILES string of the molecule is COC1CC(CN)N(Cc2ccccc2)C1. The first-order chi connectivity index (χ1) is 7.83. The maximum Gasteiger partial charge on any atom is 0.0713 e. The number of rotatable bonds is 4. The lowest BCUT2D eigenvalue weighted by molar-refractivity contribution is 0.107. The normalized spacial score (nSPS) is 26.1. The van der Waals surface area contributed by atoms with Gasteiger partial charge in [-0.3, -0.25) is 4.90 Å². The molecule has 0 radical (unpaired) electrons. The quantitative estimate of drug-likeness (QED) is 0.829. The molecule has 1 heterocycles. The van der Waals surface area contributed by atoms with Crippen LogP contribution in [0.1, 0.15) is 12.0 Å². The van der Waals surface area contributed by atoms with Gasteiger partial charge in [0, 0.05) is 32.8 Å². The van der Waals surface area contributed by atoms with Crippen molar-refractivity contribution < 1.29 is 4.74 Å². The van der Waals surface area contributed by atoms with Crippen molar-refractivity contribution in [2.24, 2.45) is 5.73 Å². The summed E-state index contributed by atoms with van der Waals surface area (Å²) in [4.78, 5) is 2.42. The first-order valence-electron chi connectivity index (χ1n) is 5.84. The van der Waals surface area contributed by atoms with Crippen molar-refractivity contribution in [2.75, 3.05) is 20.2 Å².